The van der Waals surface area contributed by atoms with E-state index in [9.17, 15) is 4.39 Å². The summed E-state index contributed by atoms with van der Waals surface area (Å²) in [4.78, 5) is 2.05. The second-order valence-corrected chi connectivity index (χ2v) is 6.42. The topological polar surface area (TPSA) is 33.7 Å². The molecule has 132 valence electrons. The normalized spacial score (nSPS) is 16.2. The smallest absolute Gasteiger partial charge is 0.178 e. The average molecular weight is 360 g/mol. The fourth-order valence-electron chi connectivity index (χ4n) is 3.13. The van der Waals surface area contributed by atoms with Crippen molar-refractivity contribution in [3.63, 3.8) is 0 Å². The number of fused-ring (bicyclic) bond motifs is 1. The molecule has 0 amide bonds. The molecular weight excluding hydrogens is 339 g/mol. The van der Waals surface area contributed by atoms with Crippen molar-refractivity contribution in [1.29, 1.82) is 0 Å². The van der Waals surface area contributed by atoms with E-state index in [4.69, 9.17) is 21.7 Å². The van der Waals surface area contributed by atoms with Crippen LogP contribution in [-0.4, -0.2) is 25.4 Å². The van der Waals surface area contributed by atoms with Crippen molar-refractivity contribution in [3.05, 3.63) is 47.8 Å². The molecule has 0 saturated carbocycles. The quantitative estimate of drug-likeness (QED) is 0.822. The number of hydrogen-bond donors (Lipinski definition) is 1. The second kappa shape index (κ2) is 7.27. The molecule has 2 aromatic carbocycles. The van der Waals surface area contributed by atoms with Gasteiger partial charge >= 0.3 is 0 Å². The number of rotatable bonds is 3. The van der Waals surface area contributed by atoms with Crippen LogP contribution in [0.4, 0.5) is 15.8 Å². The van der Waals surface area contributed by atoms with Gasteiger partial charge < -0.3 is 19.7 Å². The Morgan fingerprint density at radius 2 is 1.92 bits per heavy atom. The number of aryl methyl sites for hydroxylation is 1. The summed E-state index contributed by atoms with van der Waals surface area (Å²) in [5.74, 6) is 1.07. The molecule has 25 heavy (non-hydrogen) atoms. The third-order valence-corrected chi connectivity index (χ3v) is 4.73. The minimum Gasteiger partial charge on any atom is -0.493 e. The Bertz CT molecular complexity index is 797. The first-order valence-corrected chi connectivity index (χ1v) is 8.55. The van der Waals surface area contributed by atoms with E-state index in [0.717, 1.165) is 29.8 Å². The summed E-state index contributed by atoms with van der Waals surface area (Å²) in [7, 11) is 3.19. The Labute approximate surface area is 152 Å². The van der Waals surface area contributed by atoms with E-state index in [1.165, 1.54) is 6.07 Å². The molecule has 0 aliphatic carbocycles. The molecule has 1 aliphatic rings. The third kappa shape index (κ3) is 3.54. The lowest BCUT2D eigenvalue weighted by Crippen LogP contribution is -2.44. The Hall–Kier alpha value is -2.34. The van der Waals surface area contributed by atoms with Crippen LogP contribution in [0.2, 0.25) is 0 Å². The average Bonchev–Trinajstić information content (AvgIpc) is 2.61. The third-order valence-electron chi connectivity index (χ3n) is 4.43. The van der Waals surface area contributed by atoms with Crippen LogP contribution in [0.15, 0.2) is 36.4 Å². The number of halogens is 1. The van der Waals surface area contributed by atoms with Crippen LogP contribution in [0.5, 0.6) is 11.5 Å². The van der Waals surface area contributed by atoms with Gasteiger partial charge in [-0.05, 0) is 67.9 Å². The summed E-state index contributed by atoms with van der Waals surface area (Å²) < 4.78 is 24.1. The Morgan fingerprint density at radius 1 is 1.16 bits per heavy atom. The summed E-state index contributed by atoms with van der Waals surface area (Å²) >= 11 is 5.63. The van der Waals surface area contributed by atoms with E-state index in [-0.39, 0.29) is 11.9 Å². The van der Waals surface area contributed by atoms with Crippen molar-refractivity contribution in [2.24, 2.45) is 0 Å². The molecular formula is C19H21FN2O2S. The first kappa shape index (κ1) is 17.5. The van der Waals surface area contributed by atoms with Gasteiger partial charge in [0.2, 0.25) is 0 Å². The Morgan fingerprint density at radius 3 is 2.64 bits per heavy atom. The minimum atomic E-state index is -0.216. The predicted molar refractivity (Wildman–Crippen MR) is 102 cm³/mol. The SMILES string of the molecule is COc1ccc(NC(=S)N2c3ccc(F)cc3CCC2C)cc1OC. The molecule has 2 aromatic rings. The largest absolute Gasteiger partial charge is 0.493 e. The number of benzene rings is 2. The zero-order valence-electron chi connectivity index (χ0n) is 14.5. The number of nitrogens with zero attached hydrogens (tertiary/aromatic N) is 1. The lowest BCUT2D eigenvalue weighted by atomic mass is 9.97. The molecule has 6 heteroatoms. The van der Waals surface area contributed by atoms with Crippen molar-refractivity contribution in [1.82, 2.24) is 0 Å². The van der Waals surface area contributed by atoms with Crippen LogP contribution < -0.4 is 19.7 Å². The first-order valence-electron chi connectivity index (χ1n) is 8.14. The van der Waals surface area contributed by atoms with Gasteiger partial charge in [-0.25, -0.2) is 4.39 Å². The summed E-state index contributed by atoms with van der Waals surface area (Å²) in [6, 6.07) is 10.6. The van der Waals surface area contributed by atoms with Crippen LogP contribution >= 0.6 is 12.2 Å². The molecule has 0 aromatic heterocycles. The lowest BCUT2D eigenvalue weighted by molar-refractivity contribution is 0.355. The summed E-state index contributed by atoms with van der Waals surface area (Å²) in [6.45, 7) is 2.12. The molecule has 0 bridgehead atoms. The maximum atomic E-state index is 13.5. The highest BCUT2D eigenvalue weighted by atomic mass is 32.1. The molecule has 1 unspecified atom stereocenters. The van der Waals surface area contributed by atoms with E-state index in [0.29, 0.717) is 16.6 Å². The fourth-order valence-corrected chi connectivity index (χ4v) is 3.52. The van der Waals surface area contributed by atoms with Crippen molar-refractivity contribution in [2.45, 2.75) is 25.8 Å². The van der Waals surface area contributed by atoms with Gasteiger partial charge in [0.1, 0.15) is 5.82 Å². The van der Waals surface area contributed by atoms with Crippen molar-refractivity contribution in [3.8, 4) is 11.5 Å². The van der Waals surface area contributed by atoms with E-state index in [2.05, 4.69) is 12.2 Å². The molecule has 4 nitrogen and oxygen atoms in total. The minimum absolute atomic E-state index is 0.216. The fraction of sp³-hybridized carbons (Fsp3) is 0.316. The van der Waals surface area contributed by atoms with Crippen LogP contribution in [0.1, 0.15) is 18.9 Å². The molecule has 0 saturated heterocycles. The highest BCUT2D eigenvalue weighted by molar-refractivity contribution is 7.80. The van der Waals surface area contributed by atoms with Crippen LogP contribution in [0.25, 0.3) is 0 Å². The molecule has 1 heterocycles. The molecule has 3 rings (SSSR count). The van der Waals surface area contributed by atoms with Gasteiger partial charge in [-0.15, -0.1) is 0 Å². The number of nitrogens with one attached hydrogen (secondary N) is 1. The number of ether oxygens (including phenoxy) is 2. The second-order valence-electron chi connectivity index (χ2n) is 6.03. The van der Waals surface area contributed by atoms with Crippen LogP contribution in [-0.2, 0) is 6.42 Å². The van der Waals surface area contributed by atoms with Crippen LogP contribution in [0, 0.1) is 5.82 Å². The highest BCUT2D eigenvalue weighted by Crippen LogP contribution is 2.33. The molecule has 0 radical (unpaired) electrons. The molecule has 1 aliphatic heterocycles. The number of hydrogen-bond acceptors (Lipinski definition) is 3. The van der Waals surface area contributed by atoms with Gasteiger partial charge in [0.25, 0.3) is 0 Å². The van der Waals surface area contributed by atoms with Gasteiger partial charge in [0.15, 0.2) is 16.6 Å². The number of thiocarbonyl (C=S) groups is 1. The Balaban J connectivity index is 1.86. The highest BCUT2D eigenvalue weighted by Gasteiger charge is 2.26. The maximum absolute atomic E-state index is 13.5. The van der Waals surface area contributed by atoms with E-state index in [1.807, 2.05) is 23.1 Å². The van der Waals surface area contributed by atoms with Crippen molar-refractivity contribution >= 4 is 28.7 Å². The summed E-state index contributed by atoms with van der Waals surface area (Å²) in [5.41, 5.74) is 2.75. The molecule has 0 fully saturated rings. The van der Waals surface area contributed by atoms with Crippen molar-refractivity contribution < 1.29 is 13.9 Å². The van der Waals surface area contributed by atoms with Gasteiger partial charge in [-0.1, -0.05) is 0 Å². The number of methoxy groups -OCH3 is 2. The van der Waals surface area contributed by atoms with E-state index < -0.39 is 0 Å². The first-order chi connectivity index (χ1) is 12.0. The molecule has 1 atom stereocenters. The van der Waals surface area contributed by atoms with Gasteiger partial charge in [-0.2, -0.15) is 0 Å². The Kier molecular flexibility index (Phi) is 5.08. The lowest BCUT2D eigenvalue weighted by Gasteiger charge is -2.37. The number of anilines is 2. The molecule has 0 spiro atoms. The predicted octanol–water partition coefficient (Wildman–Crippen LogP) is 4.38. The summed E-state index contributed by atoms with van der Waals surface area (Å²) in [5, 5.41) is 3.83. The van der Waals surface area contributed by atoms with E-state index >= 15 is 0 Å². The maximum Gasteiger partial charge on any atom is 0.178 e. The zero-order chi connectivity index (χ0) is 18.0. The van der Waals surface area contributed by atoms with Crippen LogP contribution in [0.3, 0.4) is 0 Å². The standard InChI is InChI=1S/C19H21FN2O2S/c1-12-4-5-13-10-14(20)6-8-16(13)22(12)19(25)21-15-7-9-17(23-2)18(11-15)24-3/h6-12H,4-5H2,1-3H3,(H,21,25). The van der Waals surface area contributed by atoms with Crippen molar-refractivity contribution in [2.75, 3.05) is 24.4 Å². The molecule has 1 N–H and O–H groups in total. The summed E-state index contributed by atoms with van der Waals surface area (Å²) in [6.07, 6.45) is 1.77. The van der Waals surface area contributed by atoms with E-state index in [1.54, 1.807) is 26.4 Å². The van der Waals surface area contributed by atoms with Gasteiger partial charge in [-0.3, -0.25) is 0 Å². The monoisotopic (exact) mass is 360 g/mol. The zero-order valence-corrected chi connectivity index (χ0v) is 15.3. The van der Waals surface area contributed by atoms with Gasteiger partial charge in [0, 0.05) is 23.5 Å². The van der Waals surface area contributed by atoms with Gasteiger partial charge in [0.05, 0.1) is 14.2 Å².